The molecule has 76 valence electrons. The molecule has 1 aromatic heterocycles. The number of rotatable bonds is 1. The fourth-order valence-electron chi connectivity index (χ4n) is 2.15. The number of hydrogen-bond acceptors (Lipinski definition) is 2. The van der Waals surface area contributed by atoms with Crippen molar-refractivity contribution < 1.29 is 0 Å². The third-order valence-electron chi connectivity index (χ3n) is 2.89. The van der Waals surface area contributed by atoms with Crippen LogP contribution in [0.3, 0.4) is 0 Å². The monoisotopic (exact) mass is 190 g/mol. The first-order valence-electron chi connectivity index (χ1n) is 5.54. The van der Waals surface area contributed by atoms with Gasteiger partial charge < -0.3 is 0 Å². The summed E-state index contributed by atoms with van der Waals surface area (Å²) in [5, 5.41) is 0. The van der Waals surface area contributed by atoms with Crippen LogP contribution in [0.15, 0.2) is 0 Å². The Hall–Kier alpha value is -0.920. The van der Waals surface area contributed by atoms with Gasteiger partial charge in [-0.2, -0.15) is 0 Å². The Kier molecular flexibility index (Phi) is 2.53. The van der Waals surface area contributed by atoms with E-state index < -0.39 is 0 Å². The van der Waals surface area contributed by atoms with Crippen molar-refractivity contribution in [2.75, 3.05) is 0 Å². The normalized spacial score (nSPS) is 15.7. The lowest BCUT2D eigenvalue weighted by molar-refractivity contribution is 0.631. The van der Waals surface area contributed by atoms with Crippen molar-refractivity contribution in [1.82, 2.24) is 9.97 Å². The highest BCUT2D eigenvalue weighted by Crippen LogP contribution is 2.22. The smallest absolute Gasteiger partial charge is 0.0644 e. The van der Waals surface area contributed by atoms with E-state index in [2.05, 4.69) is 25.8 Å². The van der Waals surface area contributed by atoms with Gasteiger partial charge in [0.25, 0.3) is 0 Å². The Morgan fingerprint density at radius 3 is 2.14 bits per heavy atom. The van der Waals surface area contributed by atoms with Crippen molar-refractivity contribution in [3.63, 3.8) is 0 Å². The largest absolute Gasteiger partial charge is 0.254 e. The number of aryl methyl sites for hydroxylation is 3. The molecule has 0 fully saturated rings. The summed E-state index contributed by atoms with van der Waals surface area (Å²) in [5.74, 6) is 0.495. The van der Waals surface area contributed by atoms with E-state index in [1.807, 2.05) is 0 Å². The molecule has 0 spiro atoms. The number of hydrogen-bond donors (Lipinski definition) is 0. The van der Waals surface area contributed by atoms with Crippen molar-refractivity contribution in [3.8, 4) is 0 Å². The van der Waals surface area contributed by atoms with Gasteiger partial charge in [-0.15, -0.1) is 0 Å². The van der Waals surface area contributed by atoms with Crippen LogP contribution in [0.2, 0.25) is 0 Å². The second-order valence-corrected chi connectivity index (χ2v) is 4.45. The van der Waals surface area contributed by atoms with Gasteiger partial charge in [-0.1, -0.05) is 13.8 Å². The van der Waals surface area contributed by atoms with Gasteiger partial charge in [-0.25, -0.2) is 0 Å². The van der Waals surface area contributed by atoms with Crippen LogP contribution in [0, 0.1) is 6.92 Å². The molecule has 1 aromatic rings. The van der Waals surface area contributed by atoms with Crippen molar-refractivity contribution in [2.45, 2.75) is 52.4 Å². The molecule has 0 aliphatic heterocycles. The summed E-state index contributed by atoms with van der Waals surface area (Å²) in [4.78, 5) is 9.42. The molecule has 0 bridgehead atoms. The molecule has 0 N–H and O–H groups in total. The Morgan fingerprint density at radius 2 is 1.57 bits per heavy atom. The first-order valence-corrected chi connectivity index (χ1v) is 5.54. The van der Waals surface area contributed by atoms with Gasteiger partial charge in [-0.3, -0.25) is 9.97 Å². The molecule has 14 heavy (non-hydrogen) atoms. The van der Waals surface area contributed by atoms with Crippen LogP contribution in [0.25, 0.3) is 0 Å². The highest BCUT2D eigenvalue weighted by atomic mass is 14.9. The van der Waals surface area contributed by atoms with E-state index in [1.165, 1.54) is 29.9 Å². The summed E-state index contributed by atoms with van der Waals surface area (Å²) >= 11 is 0. The maximum atomic E-state index is 4.75. The van der Waals surface area contributed by atoms with Crippen molar-refractivity contribution >= 4 is 0 Å². The van der Waals surface area contributed by atoms with Crippen LogP contribution in [0.1, 0.15) is 55.4 Å². The lowest BCUT2D eigenvalue weighted by Crippen LogP contribution is -2.12. The maximum Gasteiger partial charge on any atom is 0.0644 e. The second-order valence-electron chi connectivity index (χ2n) is 4.45. The van der Waals surface area contributed by atoms with E-state index in [-0.39, 0.29) is 0 Å². The Morgan fingerprint density at radius 1 is 1.00 bits per heavy atom. The van der Waals surface area contributed by atoms with Gasteiger partial charge in [0.05, 0.1) is 22.8 Å². The summed E-state index contributed by atoms with van der Waals surface area (Å²) in [6.45, 7) is 6.45. The van der Waals surface area contributed by atoms with Gasteiger partial charge in [0, 0.05) is 0 Å². The predicted octanol–water partition coefficient (Wildman–Crippen LogP) is 2.79. The van der Waals surface area contributed by atoms with Gasteiger partial charge in [0.15, 0.2) is 0 Å². The van der Waals surface area contributed by atoms with Gasteiger partial charge in [0.2, 0.25) is 0 Å². The molecule has 1 heterocycles. The molecular formula is C12H18N2. The molecule has 1 aliphatic carbocycles. The minimum atomic E-state index is 0.495. The molecule has 1 aliphatic rings. The van der Waals surface area contributed by atoms with Crippen LogP contribution >= 0.6 is 0 Å². The van der Waals surface area contributed by atoms with E-state index >= 15 is 0 Å². The topological polar surface area (TPSA) is 25.8 Å². The third kappa shape index (κ3) is 1.66. The summed E-state index contributed by atoms with van der Waals surface area (Å²) in [7, 11) is 0. The lowest BCUT2D eigenvalue weighted by Gasteiger charge is -2.17. The van der Waals surface area contributed by atoms with Crippen LogP contribution in [-0.4, -0.2) is 9.97 Å². The molecule has 0 aromatic carbocycles. The van der Waals surface area contributed by atoms with Crippen molar-refractivity contribution in [3.05, 3.63) is 22.8 Å². The molecule has 2 rings (SSSR count). The number of aromatic nitrogens is 2. The quantitative estimate of drug-likeness (QED) is 0.680. The van der Waals surface area contributed by atoms with E-state index in [0.29, 0.717) is 5.92 Å². The zero-order chi connectivity index (χ0) is 10.1. The molecule has 0 radical (unpaired) electrons. The van der Waals surface area contributed by atoms with E-state index in [4.69, 9.17) is 4.98 Å². The first-order chi connectivity index (χ1) is 6.68. The van der Waals surface area contributed by atoms with Crippen LogP contribution < -0.4 is 0 Å². The average molecular weight is 190 g/mol. The Balaban J connectivity index is 2.45. The van der Waals surface area contributed by atoms with E-state index in [1.54, 1.807) is 0 Å². The van der Waals surface area contributed by atoms with Gasteiger partial charge in [0.1, 0.15) is 0 Å². The minimum absolute atomic E-state index is 0.495. The highest BCUT2D eigenvalue weighted by molar-refractivity contribution is 5.23. The predicted molar refractivity (Wildman–Crippen MR) is 57.5 cm³/mol. The summed E-state index contributed by atoms with van der Waals surface area (Å²) in [6.07, 6.45) is 4.81. The van der Waals surface area contributed by atoms with Crippen molar-refractivity contribution in [1.29, 1.82) is 0 Å². The fraction of sp³-hybridized carbons (Fsp3) is 0.667. The molecule has 0 unspecified atom stereocenters. The SMILES string of the molecule is Cc1nc2c(nc1C(C)C)CCCC2. The maximum absolute atomic E-state index is 4.75. The average Bonchev–Trinajstić information content (AvgIpc) is 2.16. The second kappa shape index (κ2) is 3.68. The molecule has 0 atom stereocenters. The zero-order valence-electron chi connectivity index (χ0n) is 9.30. The zero-order valence-corrected chi connectivity index (χ0v) is 9.30. The van der Waals surface area contributed by atoms with Crippen LogP contribution in [0.4, 0.5) is 0 Å². The van der Waals surface area contributed by atoms with Crippen molar-refractivity contribution in [2.24, 2.45) is 0 Å². The Bertz CT molecular complexity index is 342. The van der Waals surface area contributed by atoms with Gasteiger partial charge in [-0.05, 0) is 38.5 Å². The lowest BCUT2D eigenvalue weighted by atomic mass is 9.99. The molecule has 0 amide bonds. The molecular weight excluding hydrogens is 172 g/mol. The number of fused-ring (bicyclic) bond motifs is 1. The molecule has 0 saturated heterocycles. The first kappa shape index (κ1) is 9.63. The highest BCUT2D eigenvalue weighted by Gasteiger charge is 2.15. The van der Waals surface area contributed by atoms with E-state index in [9.17, 15) is 0 Å². The molecule has 2 heteroatoms. The van der Waals surface area contributed by atoms with E-state index in [0.717, 1.165) is 18.5 Å². The summed E-state index contributed by atoms with van der Waals surface area (Å²) < 4.78 is 0. The third-order valence-corrected chi connectivity index (χ3v) is 2.89. The van der Waals surface area contributed by atoms with Crippen LogP contribution in [0.5, 0.6) is 0 Å². The number of nitrogens with zero attached hydrogens (tertiary/aromatic N) is 2. The molecule has 2 nitrogen and oxygen atoms in total. The van der Waals surface area contributed by atoms with Crippen LogP contribution in [-0.2, 0) is 12.8 Å². The minimum Gasteiger partial charge on any atom is -0.254 e. The summed E-state index contributed by atoms with van der Waals surface area (Å²) in [5.41, 5.74) is 4.81. The standard InChI is InChI=1S/C12H18N2/c1-8(2)12-9(3)13-10-6-4-5-7-11(10)14-12/h8H,4-7H2,1-3H3. The summed E-state index contributed by atoms with van der Waals surface area (Å²) in [6, 6.07) is 0. The van der Waals surface area contributed by atoms with Gasteiger partial charge >= 0.3 is 0 Å². The fourth-order valence-corrected chi connectivity index (χ4v) is 2.15. The molecule has 0 saturated carbocycles. The Labute approximate surface area is 85.8 Å².